The molecule has 1 aliphatic rings. The molecule has 0 atom stereocenters. The first-order valence-electron chi connectivity index (χ1n) is 4.83. The molecule has 2 nitrogen and oxygen atoms in total. The van der Waals surface area contributed by atoms with E-state index in [-0.39, 0.29) is 11.7 Å². The van der Waals surface area contributed by atoms with E-state index in [0.29, 0.717) is 12.8 Å². The predicted molar refractivity (Wildman–Crippen MR) is 54.7 cm³/mol. The maximum Gasteiger partial charge on any atom is 0.307 e. The van der Waals surface area contributed by atoms with Crippen LogP contribution in [0, 0.1) is 11.7 Å². The molecule has 0 bridgehead atoms. The van der Waals surface area contributed by atoms with E-state index in [1.54, 1.807) is 6.07 Å². The number of hydrogen-bond acceptors (Lipinski definition) is 1. The summed E-state index contributed by atoms with van der Waals surface area (Å²) in [6, 6.07) is 6.29. The Morgan fingerprint density at radius 1 is 1.47 bits per heavy atom. The maximum atomic E-state index is 12.8. The fourth-order valence-corrected chi connectivity index (χ4v) is 1.70. The zero-order valence-electron chi connectivity index (χ0n) is 8.11. The molecule has 0 spiro atoms. The quantitative estimate of drug-likeness (QED) is 0.807. The van der Waals surface area contributed by atoms with Crippen molar-refractivity contribution in [2.75, 3.05) is 0 Å². The van der Waals surface area contributed by atoms with Gasteiger partial charge in [0, 0.05) is 0 Å². The SMILES string of the molecule is O=C(O)C1CC(=Cc2cccc(F)c2)C1. The highest BCUT2D eigenvalue weighted by molar-refractivity contribution is 5.74. The van der Waals surface area contributed by atoms with E-state index in [1.807, 2.05) is 12.1 Å². The van der Waals surface area contributed by atoms with E-state index in [0.717, 1.165) is 11.1 Å². The first kappa shape index (κ1) is 9.90. The summed E-state index contributed by atoms with van der Waals surface area (Å²) in [5.41, 5.74) is 1.88. The van der Waals surface area contributed by atoms with Crippen molar-refractivity contribution in [3.8, 4) is 0 Å². The van der Waals surface area contributed by atoms with Gasteiger partial charge in [-0.15, -0.1) is 0 Å². The lowest BCUT2D eigenvalue weighted by molar-refractivity contribution is -0.143. The standard InChI is InChI=1S/C12H11FO2/c13-11-3-1-2-8(7-11)4-9-5-10(6-9)12(14)15/h1-4,7,10H,5-6H2,(H,14,15). The normalized spacial score (nSPS) is 19.5. The molecule has 0 aliphatic heterocycles. The Hall–Kier alpha value is -1.64. The second-order valence-corrected chi connectivity index (χ2v) is 3.80. The van der Waals surface area contributed by atoms with Gasteiger partial charge in [-0.05, 0) is 30.5 Å². The molecular weight excluding hydrogens is 195 g/mol. The molecule has 0 radical (unpaired) electrons. The molecule has 2 rings (SSSR count). The Balaban J connectivity index is 2.04. The van der Waals surface area contributed by atoms with E-state index in [4.69, 9.17) is 5.11 Å². The molecule has 0 saturated heterocycles. The number of allylic oxidation sites excluding steroid dienone is 1. The Kier molecular flexibility index (Phi) is 2.54. The zero-order chi connectivity index (χ0) is 10.8. The van der Waals surface area contributed by atoms with Gasteiger partial charge < -0.3 is 5.11 Å². The molecule has 15 heavy (non-hydrogen) atoms. The number of carboxylic acid groups (broad SMARTS) is 1. The van der Waals surface area contributed by atoms with Crippen molar-refractivity contribution in [3.63, 3.8) is 0 Å². The van der Waals surface area contributed by atoms with Crippen molar-refractivity contribution in [2.45, 2.75) is 12.8 Å². The smallest absolute Gasteiger partial charge is 0.307 e. The number of hydrogen-bond donors (Lipinski definition) is 1. The molecule has 78 valence electrons. The first-order valence-corrected chi connectivity index (χ1v) is 4.83. The van der Waals surface area contributed by atoms with Crippen molar-refractivity contribution in [2.24, 2.45) is 5.92 Å². The number of benzene rings is 1. The highest BCUT2D eigenvalue weighted by atomic mass is 19.1. The van der Waals surface area contributed by atoms with Gasteiger partial charge >= 0.3 is 5.97 Å². The molecule has 1 aromatic carbocycles. The highest BCUT2D eigenvalue weighted by Gasteiger charge is 2.29. The average molecular weight is 206 g/mol. The van der Waals surface area contributed by atoms with Gasteiger partial charge in [0.15, 0.2) is 0 Å². The van der Waals surface area contributed by atoms with Crippen LogP contribution in [0.15, 0.2) is 29.8 Å². The number of aliphatic carboxylic acids is 1. The van der Waals surface area contributed by atoms with E-state index < -0.39 is 5.97 Å². The number of carboxylic acids is 1. The Bertz CT molecular complexity index is 415. The van der Waals surface area contributed by atoms with Gasteiger partial charge in [0.25, 0.3) is 0 Å². The minimum absolute atomic E-state index is 0.246. The summed E-state index contributed by atoms with van der Waals surface area (Å²) in [6.07, 6.45) is 3.04. The number of carbonyl (C=O) groups is 1. The Morgan fingerprint density at radius 2 is 2.20 bits per heavy atom. The fraction of sp³-hybridized carbons (Fsp3) is 0.250. The van der Waals surface area contributed by atoms with Crippen LogP contribution in [0.1, 0.15) is 18.4 Å². The molecule has 1 N–H and O–H groups in total. The lowest BCUT2D eigenvalue weighted by Crippen LogP contribution is -2.23. The molecule has 0 amide bonds. The minimum atomic E-state index is -0.744. The fourth-order valence-electron chi connectivity index (χ4n) is 1.70. The first-order chi connectivity index (χ1) is 7.15. The van der Waals surface area contributed by atoms with Crippen molar-refractivity contribution in [1.29, 1.82) is 0 Å². The zero-order valence-corrected chi connectivity index (χ0v) is 8.11. The third kappa shape index (κ3) is 2.24. The van der Waals surface area contributed by atoms with Crippen molar-refractivity contribution >= 4 is 12.0 Å². The van der Waals surface area contributed by atoms with Crippen molar-refractivity contribution < 1.29 is 14.3 Å². The predicted octanol–water partition coefficient (Wildman–Crippen LogP) is 2.70. The molecule has 1 aromatic rings. The topological polar surface area (TPSA) is 37.3 Å². The monoisotopic (exact) mass is 206 g/mol. The van der Waals surface area contributed by atoms with Crippen LogP contribution in [0.25, 0.3) is 6.08 Å². The molecule has 0 unspecified atom stereocenters. The van der Waals surface area contributed by atoms with Crippen LogP contribution in [-0.2, 0) is 4.79 Å². The summed E-state index contributed by atoms with van der Waals surface area (Å²) < 4.78 is 12.8. The molecule has 0 aromatic heterocycles. The van der Waals surface area contributed by atoms with E-state index in [9.17, 15) is 9.18 Å². The second kappa shape index (κ2) is 3.85. The molecule has 0 heterocycles. The van der Waals surface area contributed by atoms with Crippen molar-refractivity contribution in [1.82, 2.24) is 0 Å². The summed E-state index contributed by atoms with van der Waals surface area (Å²) >= 11 is 0. The van der Waals surface area contributed by atoms with Crippen LogP contribution >= 0.6 is 0 Å². The molecule has 1 saturated carbocycles. The molecule has 1 aliphatic carbocycles. The van der Waals surface area contributed by atoms with Crippen LogP contribution in [0.5, 0.6) is 0 Å². The van der Waals surface area contributed by atoms with Crippen LogP contribution in [0.2, 0.25) is 0 Å². The lowest BCUT2D eigenvalue weighted by atomic mass is 9.79. The lowest BCUT2D eigenvalue weighted by Gasteiger charge is -2.25. The Morgan fingerprint density at radius 3 is 2.80 bits per heavy atom. The van der Waals surface area contributed by atoms with E-state index in [1.165, 1.54) is 12.1 Å². The summed E-state index contributed by atoms with van der Waals surface area (Å²) in [5.74, 6) is -1.25. The number of halogens is 1. The summed E-state index contributed by atoms with van der Waals surface area (Å²) in [7, 11) is 0. The van der Waals surface area contributed by atoms with Gasteiger partial charge in [-0.2, -0.15) is 0 Å². The maximum absolute atomic E-state index is 12.8. The van der Waals surface area contributed by atoms with Gasteiger partial charge in [0.1, 0.15) is 5.82 Å². The largest absolute Gasteiger partial charge is 0.481 e. The third-order valence-corrected chi connectivity index (χ3v) is 2.59. The number of rotatable bonds is 2. The van der Waals surface area contributed by atoms with Crippen LogP contribution in [-0.4, -0.2) is 11.1 Å². The highest BCUT2D eigenvalue weighted by Crippen LogP contribution is 2.34. The van der Waals surface area contributed by atoms with E-state index in [2.05, 4.69) is 0 Å². The average Bonchev–Trinajstić information content (AvgIpc) is 2.10. The summed E-state index contributed by atoms with van der Waals surface area (Å²) in [4.78, 5) is 10.5. The van der Waals surface area contributed by atoms with Crippen LogP contribution in [0.4, 0.5) is 4.39 Å². The van der Waals surface area contributed by atoms with Gasteiger partial charge in [-0.3, -0.25) is 4.79 Å². The van der Waals surface area contributed by atoms with Crippen LogP contribution < -0.4 is 0 Å². The minimum Gasteiger partial charge on any atom is -0.481 e. The van der Waals surface area contributed by atoms with Gasteiger partial charge in [-0.25, -0.2) is 4.39 Å². The van der Waals surface area contributed by atoms with Gasteiger partial charge in [0.2, 0.25) is 0 Å². The molecular formula is C12H11FO2. The summed E-state index contributed by atoms with van der Waals surface area (Å²) in [6.45, 7) is 0. The van der Waals surface area contributed by atoms with E-state index >= 15 is 0 Å². The van der Waals surface area contributed by atoms with Crippen molar-refractivity contribution in [3.05, 3.63) is 41.2 Å². The Labute approximate surface area is 87.0 Å². The molecule has 1 fully saturated rings. The third-order valence-electron chi connectivity index (χ3n) is 2.59. The molecule has 3 heteroatoms. The van der Waals surface area contributed by atoms with Crippen LogP contribution in [0.3, 0.4) is 0 Å². The second-order valence-electron chi connectivity index (χ2n) is 3.80. The van der Waals surface area contributed by atoms with Gasteiger partial charge in [0.05, 0.1) is 5.92 Å². The van der Waals surface area contributed by atoms with Gasteiger partial charge in [-0.1, -0.05) is 23.8 Å². The summed E-state index contributed by atoms with van der Waals surface area (Å²) in [5, 5.41) is 8.67.